The van der Waals surface area contributed by atoms with E-state index in [1.165, 1.54) is 0 Å². The number of hydrogen-bond donors (Lipinski definition) is 1. The van der Waals surface area contributed by atoms with Crippen molar-refractivity contribution in [2.75, 3.05) is 13.1 Å². The van der Waals surface area contributed by atoms with Crippen LogP contribution in [0.1, 0.15) is 35.3 Å². The number of carboxylic acid groups (broad SMARTS) is 1. The average Bonchev–Trinajstić information content (AvgIpc) is 2.59. The highest BCUT2D eigenvalue weighted by molar-refractivity contribution is 5.91. The van der Waals surface area contributed by atoms with Gasteiger partial charge in [-0.25, -0.2) is 4.79 Å². The fourth-order valence-electron chi connectivity index (χ4n) is 2.41. The van der Waals surface area contributed by atoms with E-state index in [9.17, 15) is 9.90 Å². The summed E-state index contributed by atoms with van der Waals surface area (Å²) >= 11 is 0. The van der Waals surface area contributed by atoms with Gasteiger partial charge in [-0.1, -0.05) is 50.2 Å². The van der Waals surface area contributed by atoms with Crippen LogP contribution in [-0.4, -0.2) is 29.1 Å². The number of hydrogen-bond acceptors (Lipinski definition) is 3. The number of ether oxygens (including phenoxy) is 1. The van der Waals surface area contributed by atoms with Crippen LogP contribution < -0.4 is 4.74 Å². The maximum Gasteiger partial charge on any atom is 0.339 e. The zero-order valence-electron chi connectivity index (χ0n) is 14.1. The summed E-state index contributed by atoms with van der Waals surface area (Å²) in [5.74, 6) is -0.556. The first kappa shape index (κ1) is 20.0. The molecule has 0 aliphatic carbocycles. The summed E-state index contributed by atoms with van der Waals surface area (Å²) < 4.78 is 5.70. The van der Waals surface area contributed by atoms with E-state index in [4.69, 9.17) is 4.74 Å². The third-order valence-electron chi connectivity index (χ3n) is 3.81. The molecular formula is C19H24ClNO3. The first-order chi connectivity index (χ1) is 11.1. The molecule has 0 saturated carbocycles. The van der Waals surface area contributed by atoms with Crippen molar-refractivity contribution in [3.63, 3.8) is 0 Å². The predicted molar refractivity (Wildman–Crippen MR) is 98.0 cm³/mol. The van der Waals surface area contributed by atoms with Crippen molar-refractivity contribution < 1.29 is 14.6 Å². The molecule has 130 valence electrons. The summed E-state index contributed by atoms with van der Waals surface area (Å²) in [6, 6.07) is 15.1. The van der Waals surface area contributed by atoms with Crippen LogP contribution in [0.25, 0.3) is 0 Å². The molecule has 0 spiro atoms. The predicted octanol–water partition coefficient (Wildman–Crippen LogP) is 4.23. The summed E-state index contributed by atoms with van der Waals surface area (Å²) in [7, 11) is 0. The molecule has 0 amide bonds. The maximum atomic E-state index is 11.5. The molecule has 0 aromatic heterocycles. The van der Waals surface area contributed by atoms with Gasteiger partial charge in [0.1, 0.15) is 17.9 Å². The molecule has 0 heterocycles. The molecule has 5 heteroatoms. The minimum absolute atomic E-state index is 0. The molecule has 0 radical (unpaired) electrons. The Hall–Kier alpha value is -2.04. The highest BCUT2D eigenvalue weighted by Crippen LogP contribution is 2.22. The van der Waals surface area contributed by atoms with E-state index in [1.54, 1.807) is 12.1 Å². The summed E-state index contributed by atoms with van der Waals surface area (Å²) in [6.45, 7) is 7.16. The van der Waals surface area contributed by atoms with Crippen LogP contribution in [0.15, 0.2) is 48.5 Å². The zero-order valence-corrected chi connectivity index (χ0v) is 14.9. The Morgan fingerprint density at radius 1 is 1.04 bits per heavy atom. The Labute approximate surface area is 149 Å². The van der Waals surface area contributed by atoms with Crippen LogP contribution in [0.3, 0.4) is 0 Å². The first-order valence-corrected chi connectivity index (χ1v) is 7.89. The molecule has 1 N–H and O–H groups in total. The Morgan fingerprint density at radius 2 is 1.71 bits per heavy atom. The third kappa shape index (κ3) is 5.55. The summed E-state index contributed by atoms with van der Waals surface area (Å²) in [4.78, 5) is 13.8. The smallest absolute Gasteiger partial charge is 0.339 e. The number of rotatable bonds is 8. The summed E-state index contributed by atoms with van der Waals surface area (Å²) in [5.41, 5.74) is 2.21. The standard InChI is InChI=1S/C19H23NO3.ClH/c1-3-20(4-2)13-16-10-11-18(17(12-16)19(21)22)23-14-15-8-6-5-7-9-15;/h5-12H,3-4,13-14H2,1-2H3,(H,21,22);1H. The lowest BCUT2D eigenvalue weighted by molar-refractivity contribution is 0.0691. The molecule has 24 heavy (non-hydrogen) atoms. The molecule has 0 saturated heterocycles. The van der Waals surface area contributed by atoms with Gasteiger partial charge < -0.3 is 9.84 Å². The summed E-state index contributed by atoms with van der Waals surface area (Å²) in [5, 5.41) is 9.44. The zero-order chi connectivity index (χ0) is 16.7. The quantitative estimate of drug-likeness (QED) is 0.775. The van der Waals surface area contributed by atoms with Gasteiger partial charge in [0.25, 0.3) is 0 Å². The molecule has 0 aliphatic heterocycles. The lowest BCUT2D eigenvalue weighted by Gasteiger charge is -2.19. The molecule has 2 aromatic rings. The van der Waals surface area contributed by atoms with E-state index in [-0.39, 0.29) is 18.0 Å². The van der Waals surface area contributed by atoms with E-state index in [0.717, 1.165) is 30.8 Å². The van der Waals surface area contributed by atoms with Gasteiger partial charge in [0, 0.05) is 6.54 Å². The van der Waals surface area contributed by atoms with Crippen molar-refractivity contribution >= 4 is 18.4 Å². The van der Waals surface area contributed by atoms with E-state index < -0.39 is 5.97 Å². The van der Waals surface area contributed by atoms with Crippen molar-refractivity contribution in [2.24, 2.45) is 0 Å². The van der Waals surface area contributed by atoms with Gasteiger partial charge >= 0.3 is 5.97 Å². The SMILES string of the molecule is CCN(CC)Cc1ccc(OCc2ccccc2)c(C(=O)O)c1.Cl. The number of carbonyl (C=O) groups is 1. The molecule has 0 unspecified atom stereocenters. The third-order valence-corrected chi connectivity index (χ3v) is 3.81. The molecule has 0 atom stereocenters. The van der Waals surface area contributed by atoms with Crippen LogP contribution in [-0.2, 0) is 13.2 Å². The Balaban J connectivity index is 0.00000288. The van der Waals surface area contributed by atoms with Crippen LogP contribution in [0.5, 0.6) is 5.75 Å². The Kier molecular flexibility index (Phi) is 8.30. The molecule has 0 bridgehead atoms. The lowest BCUT2D eigenvalue weighted by atomic mass is 10.1. The summed E-state index contributed by atoms with van der Waals surface area (Å²) in [6.07, 6.45) is 0. The number of benzene rings is 2. The van der Waals surface area contributed by atoms with E-state index in [0.29, 0.717) is 12.4 Å². The van der Waals surface area contributed by atoms with Crippen molar-refractivity contribution in [3.05, 3.63) is 65.2 Å². The largest absolute Gasteiger partial charge is 0.488 e. The van der Waals surface area contributed by atoms with Gasteiger partial charge in [0.15, 0.2) is 0 Å². The molecule has 4 nitrogen and oxygen atoms in total. The second-order valence-corrected chi connectivity index (χ2v) is 5.37. The van der Waals surface area contributed by atoms with Gasteiger partial charge in [-0.3, -0.25) is 4.90 Å². The van der Waals surface area contributed by atoms with Crippen LogP contribution in [0.2, 0.25) is 0 Å². The van der Waals surface area contributed by atoms with Gasteiger partial charge in [0.05, 0.1) is 0 Å². The van der Waals surface area contributed by atoms with Crippen LogP contribution in [0, 0.1) is 0 Å². The highest BCUT2D eigenvalue weighted by Gasteiger charge is 2.13. The number of aromatic carboxylic acids is 1. The van der Waals surface area contributed by atoms with Gasteiger partial charge in [-0.2, -0.15) is 0 Å². The van der Waals surface area contributed by atoms with Crippen LogP contribution >= 0.6 is 12.4 Å². The van der Waals surface area contributed by atoms with Gasteiger partial charge in [-0.15, -0.1) is 12.4 Å². The Morgan fingerprint density at radius 3 is 2.29 bits per heavy atom. The minimum atomic E-state index is -0.963. The number of carboxylic acids is 1. The highest BCUT2D eigenvalue weighted by atomic mass is 35.5. The second kappa shape index (κ2) is 9.96. The van der Waals surface area contributed by atoms with E-state index >= 15 is 0 Å². The van der Waals surface area contributed by atoms with Crippen molar-refractivity contribution in [1.82, 2.24) is 4.90 Å². The van der Waals surface area contributed by atoms with Gasteiger partial charge in [-0.05, 0) is 36.3 Å². The van der Waals surface area contributed by atoms with Crippen molar-refractivity contribution in [2.45, 2.75) is 27.0 Å². The maximum absolute atomic E-state index is 11.5. The fraction of sp³-hybridized carbons (Fsp3) is 0.316. The molecule has 0 aliphatic rings. The molecule has 2 rings (SSSR count). The second-order valence-electron chi connectivity index (χ2n) is 5.37. The first-order valence-electron chi connectivity index (χ1n) is 7.89. The van der Waals surface area contributed by atoms with Crippen LogP contribution in [0.4, 0.5) is 0 Å². The average molecular weight is 350 g/mol. The molecular weight excluding hydrogens is 326 g/mol. The minimum Gasteiger partial charge on any atom is -0.488 e. The molecule has 2 aromatic carbocycles. The monoisotopic (exact) mass is 349 g/mol. The topological polar surface area (TPSA) is 49.8 Å². The van der Waals surface area contributed by atoms with E-state index in [1.807, 2.05) is 36.4 Å². The normalized spacial score (nSPS) is 10.3. The Bertz CT molecular complexity index is 642. The van der Waals surface area contributed by atoms with Crippen molar-refractivity contribution in [1.29, 1.82) is 0 Å². The number of nitrogens with zero attached hydrogens (tertiary/aromatic N) is 1. The number of halogens is 1. The van der Waals surface area contributed by atoms with E-state index in [2.05, 4.69) is 18.7 Å². The molecule has 0 fully saturated rings. The van der Waals surface area contributed by atoms with Gasteiger partial charge in [0.2, 0.25) is 0 Å². The van der Waals surface area contributed by atoms with Crippen molar-refractivity contribution in [3.8, 4) is 5.75 Å². The fourth-order valence-corrected chi connectivity index (χ4v) is 2.41. The lowest BCUT2D eigenvalue weighted by Crippen LogP contribution is -2.22.